The van der Waals surface area contributed by atoms with E-state index in [9.17, 15) is 47.9 Å². The molecule has 1 aliphatic carbocycles. The van der Waals surface area contributed by atoms with E-state index < -0.39 is 67.7 Å². The Bertz CT molecular complexity index is 1550. The Hall–Kier alpha value is -3.10. The molecule has 0 saturated heterocycles. The number of hydrogen-bond acceptors (Lipinski definition) is 4. The van der Waals surface area contributed by atoms with Gasteiger partial charge in [0.1, 0.15) is 22.2 Å². The predicted octanol–water partition coefficient (Wildman–Crippen LogP) is 8.11. The number of ether oxygens (including phenoxy) is 1. The first-order chi connectivity index (χ1) is 20.9. The van der Waals surface area contributed by atoms with Gasteiger partial charge in [0.25, 0.3) is 5.60 Å². The lowest BCUT2D eigenvalue weighted by molar-refractivity contribution is -0.392. The van der Waals surface area contributed by atoms with Crippen molar-refractivity contribution >= 4 is 9.84 Å². The molecule has 0 heterocycles. The Morgan fingerprint density at radius 3 is 1.93 bits per heavy atom. The summed E-state index contributed by atoms with van der Waals surface area (Å²) in [7, 11) is -4.37. The highest BCUT2D eigenvalue weighted by atomic mass is 32.2. The minimum Gasteiger partial charge on any atom is -0.349 e. The first-order valence-corrected chi connectivity index (χ1v) is 15.4. The minimum absolute atomic E-state index is 0.0332. The molecule has 2 atom stereocenters. The topological polar surface area (TPSA) is 55.4 Å². The van der Waals surface area contributed by atoms with Crippen LogP contribution in [0.5, 0.6) is 0 Å². The summed E-state index contributed by atoms with van der Waals surface area (Å²) in [5, 5.41) is 3.25. The summed E-state index contributed by atoms with van der Waals surface area (Å²) in [5.74, 6) is -3.32. The fraction of sp³-hybridized carbons (Fsp3) is 0.419. The number of sulfone groups is 1. The van der Waals surface area contributed by atoms with Crippen LogP contribution in [0.1, 0.15) is 49.8 Å². The second-order valence-electron chi connectivity index (χ2n) is 11.4. The average molecular weight is 668 g/mol. The SMILES string of the molecule is CC(C)CNC1CCC(c2ccc(C(OCc3c(F)cccc3F)(C(F)(F)F)C(F)(F)F)cc2)(S(=O)(=O)c2ccc(F)cc2)C1. The first kappa shape index (κ1) is 34.8. The average Bonchev–Trinajstić information content (AvgIpc) is 3.39. The fourth-order valence-electron chi connectivity index (χ4n) is 5.68. The lowest BCUT2D eigenvalue weighted by Gasteiger charge is -2.38. The molecule has 3 aromatic rings. The third-order valence-corrected chi connectivity index (χ3v) is 10.6. The van der Waals surface area contributed by atoms with Crippen LogP contribution in [0.4, 0.5) is 39.5 Å². The van der Waals surface area contributed by atoms with Crippen LogP contribution < -0.4 is 5.32 Å². The highest BCUT2D eigenvalue weighted by Crippen LogP contribution is 2.54. The van der Waals surface area contributed by atoms with Crippen LogP contribution >= 0.6 is 0 Å². The van der Waals surface area contributed by atoms with Crippen LogP contribution in [0.3, 0.4) is 0 Å². The molecular formula is C31H30F9NO3S. The van der Waals surface area contributed by atoms with Crippen molar-refractivity contribution in [1.82, 2.24) is 5.32 Å². The molecule has 45 heavy (non-hydrogen) atoms. The summed E-state index contributed by atoms with van der Waals surface area (Å²) in [6.07, 6.45) is -12.1. The normalized spacial score (nSPS) is 19.8. The van der Waals surface area contributed by atoms with Crippen molar-refractivity contribution in [2.24, 2.45) is 5.92 Å². The predicted molar refractivity (Wildman–Crippen MR) is 147 cm³/mol. The van der Waals surface area contributed by atoms with E-state index in [4.69, 9.17) is 0 Å². The van der Waals surface area contributed by atoms with Gasteiger partial charge in [-0.3, -0.25) is 0 Å². The molecule has 1 saturated carbocycles. The lowest BCUT2D eigenvalue weighted by atomic mass is 9.88. The van der Waals surface area contributed by atoms with Crippen molar-refractivity contribution in [3.8, 4) is 0 Å². The second-order valence-corrected chi connectivity index (χ2v) is 13.7. The smallest absolute Gasteiger partial charge is 0.349 e. The van der Waals surface area contributed by atoms with Crippen LogP contribution in [0.25, 0.3) is 0 Å². The molecule has 1 N–H and O–H groups in total. The van der Waals surface area contributed by atoms with Gasteiger partial charge in [0.2, 0.25) is 0 Å². The molecular weight excluding hydrogens is 637 g/mol. The zero-order valence-electron chi connectivity index (χ0n) is 24.1. The van der Waals surface area contributed by atoms with Gasteiger partial charge in [0, 0.05) is 17.2 Å². The van der Waals surface area contributed by atoms with Crippen LogP contribution in [0.15, 0.2) is 71.6 Å². The molecule has 0 aromatic heterocycles. The zero-order chi connectivity index (χ0) is 33.4. The van der Waals surface area contributed by atoms with Crippen LogP contribution in [-0.4, -0.2) is 33.4 Å². The molecule has 1 fully saturated rings. The van der Waals surface area contributed by atoms with Gasteiger partial charge in [-0.2, -0.15) is 26.3 Å². The third kappa shape index (κ3) is 6.46. The molecule has 1 aliphatic rings. The van der Waals surface area contributed by atoms with Gasteiger partial charge in [0.15, 0.2) is 9.84 Å². The Labute approximate surface area is 254 Å². The second kappa shape index (κ2) is 12.6. The molecule has 0 spiro atoms. The highest BCUT2D eigenvalue weighted by Gasteiger charge is 2.73. The minimum atomic E-state index is -6.16. The van der Waals surface area contributed by atoms with Crippen LogP contribution in [0, 0.1) is 23.4 Å². The zero-order valence-corrected chi connectivity index (χ0v) is 24.9. The number of rotatable bonds is 10. The molecule has 246 valence electrons. The van der Waals surface area contributed by atoms with Gasteiger partial charge in [-0.15, -0.1) is 0 Å². The molecule has 3 aromatic carbocycles. The quantitative estimate of drug-likeness (QED) is 0.175. The Morgan fingerprint density at radius 2 is 1.42 bits per heavy atom. The van der Waals surface area contributed by atoms with Gasteiger partial charge < -0.3 is 10.1 Å². The summed E-state index contributed by atoms with van der Waals surface area (Å²) in [4.78, 5) is -0.271. The van der Waals surface area contributed by atoms with E-state index in [-0.39, 0.29) is 35.3 Å². The van der Waals surface area contributed by atoms with E-state index in [1.165, 1.54) is 0 Å². The van der Waals surface area contributed by atoms with Crippen molar-refractivity contribution < 1.29 is 52.7 Å². The van der Waals surface area contributed by atoms with Crippen molar-refractivity contribution in [2.45, 2.75) is 73.4 Å². The molecule has 0 aliphatic heterocycles. The van der Waals surface area contributed by atoms with Crippen LogP contribution in [-0.2, 0) is 31.5 Å². The molecule has 0 bridgehead atoms. The summed E-state index contributed by atoms with van der Waals surface area (Å²) in [6, 6.07) is 8.45. The maximum absolute atomic E-state index is 14.4. The first-order valence-electron chi connectivity index (χ1n) is 13.9. The Morgan fingerprint density at radius 1 is 0.867 bits per heavy atom. The molecule has 0 radical (unpaired) electrons. The molecule has 14 heteroatoms. The van der Waals surface area contributed by atoms with Crippen molar-refractivity contribution in [1.29, 1.82) is 0 Å². The van der Waals surface area contributed by atoms with E-state index in [2.05, 4.69) is 10.1 Å². The van der Waals surface area contributed by atoms with E-state index in [0.717, 1.165) is 42.5 Å². The van der Waals surface area contributed by atoms with E-state index in [0.29, 0.717) is 37.2 Å². The van der Waals surface area contributed by atoms with Crippen molar-refractivity contribution in [2.75, 3.05) is 6.54 Å². The number of alkyl halides is 6. The van der Waals surface area contributed by atoms with Gasteiger partial charge in [-0.25, -0.2) is 21.6 Å². The number of benzene rings is 3. The van der Waals surface area contributed by atoms with Crippen molar-refractivity contribution in [3.63, 3.8) is 0 Å². The molecule has 4 nitrogen and oxygen atoms in total. The third-order valence-electron chi connectivity index (χ3n) is 8.04. The molecule has 0 amide bonds. The van der Waals surface area contributed by atoms with Gasteiger partial charge >= 0.3 is 12.4 Å². The summed E-state index contributed by atoms with van der Waals surface area (Å²) in [6.45, 7) is 2.67. The largest absolute Gasteiger partial charge is 0.430 e. The number of nitrogens with one attached hydrogen (secondary N) is 1. The van der Waals surface area contributed by atoms with Gasteiger partial charge in [-0.05, 0) is 73.7 Å². The lowest BCUT2D eigenvalue weighted by Crippen LogP contribution is -2.56. The van der Waals surface area contributed by atoms with Crippen molar-refractivity contribution in [3.05, 3.63) is 101 Å². The van der Waals surface area contributed by atoms with E-state index >= 15 is 0 Å². The molecule has 2 unspecified atom stereocenters. The maximum atomic E-state index is 14.4. The number of hydrogen-bond donors (Lipinski definition) is 1. The maximum Gasteiger partial charge on any atom is 0.430 e. The highest BCUT2D eigenvalue weighted by molar-refractivity contribution is 7.92. The summed E-state index contributed by atoms with van der Waals surface area (Å²) < 4.78 is 159. The summed E-state index contributed by atoms with van der Waals surface area (Å²) >= 11 is 0. The Balaban J connectivity index is 1.83. The van der Waals surface area contributed by atoms with E-state index in [1.54, 1.807) is 0 Å². The fourth-order valence-corrected chi connectivity index (χ4v) is 7.88. The van der Waals surface area contributed by atoms with E-state index in [1.807, 2.05) is 13.8 Å². The van der Waals surface area contributed by atoms with Gasteiger partial charge in [0.05, 0.1) is 11.5 Å². The van der Waals surface area contributed by atoms with Crippen LogP contribution in [0.2, 0.25) is 0 Å². The van der Waals surface area contributed by atoms with Gasteiger partial charge in [-0.1, -0.05) is 44.2 Å². The monoisotopic (exact) mass is 667 g/mol. The summed E-state index contributed by atoms with van der Waals surface area (Å²) in [5.41, 5.74) is -7.71. The molecule has 4 rings (SSSR count). The Kier molecular flexibility index (Phi) is 9.73. The number of halogens is 9. The standard InChI is InChI=1S/C31H30F9NO3S/c1-19(2)17-41-23-14-15-28(16-23,45(42,43)24-12-10-22(32)11-13-24)20-6-8-21(9-7-20)29(30(35,36)37,31(38,39)40)44-18-25-26(33)4-3-5-27(25)34/h3-13,19,23,41H,14-18H2,1-2H3.